The second kappa shape index (κ2) is 6.28. The van der Waals surface area contributed by atoms with Crippen LogP contribution in [0.4, 0.5) is 4.39 Å². The standard InChI is InChI=1S/C16H18FNO5/c1-16(2)22-13(15(20)23-16)8-14(19)18(3)9-10-5-6-11(17)12(7-10)21-4/h5-8H,9H2,1-4H3/b13-8-. The van der Waals surface area contributed by atoms with Crippen LogP contribution in [0.5, 0.6) is 5.75 Å². The highest BCUT2D eigenvalue weighted by Crippen LogP contribution is 2.26. The van der Waals surface area contributed by atoms with Crippen molar-refractivity contribution >= 4 is 11.9 Å². The van der Waals surface area contributed by atoms with E-state index in [4.69, 9.17) is 14.2 Å². The Morgan fingerprint density at radius 3 is 2.65 bits per heavy atom. The number of likely N-dealkylation sites (N-methyl/N-ethyl adjacent to an activating group) is 1. The Kier molecular flexibility index (Phi) is 4.58. The first kappa shape index (κ1) is 16.8. The number of halogens is 1. The van der Waals surface area contributed by atoms with E-state index in [1.807, 2.05) is 0 Å². The van der Waals surface area contributed by atoms with Crippen LogP contribution in [-0.4, -0.2) is 36.7 Å². The Bertz CT molecular complexity index is 668. The maximum atomic E-state index is 13.4. The lowest BCUT2D eigenvalue weighted by atomic mass is 10.2. The molecule has 23 heavy (non-hydrogen) atoms. The Labute approximate surface area is 133 Å². The molecule has 7 heteroatoms. The summed E-state index contributed by atoms with van der Waals surface area (Å²) in [5.74, 6) is -2.70. The molecule has 6 nitrogen and oxygen atoms in total. The Balaban J connectivity index is 2.07. The molecule has 1 saturated heterocycles. The zero-order valence-electron chi connectivity index (χ0n) is 13.4. The maximum absolute atomic E-state index is 13.4. The summed E-state index contributed by atoms with van der Waals surface area (Å²) in [7, 11) is 2.92. The minimum absolute atomic E-state index is 0.103. The number of ether oxygens (including phenoxy) is 3. The van der Waals surface area contributed by atoms with Crippen LogP contribution in [0.1, 0.15) is 19.4 Å². The van der Waals surface area contributed by atoms with Gasteiger partial charge in [0.25, 0.3) is 5.91 Å². The topological polar surface area (TPSA) is 65.1 Å². The quantitative estimate of drug-likeness (QED) is 0.626. The average molecular weight is 323 g/mol. The van der Waals surface area contributed by atoms with Gasteiger partial charge in [-0.3, -0.25) is 4.79 Å². The lowest BCUT2D eigenvalue weighted by Crippen LogP contribution is -2.25. The number of nitrogens with zero attached hydrogens (tertiary/aromatic N) is 1. The van der Waals surface area contributed by atoms with E-state index in [2.05, 4.69) is 0 Å². The van der Waals surface area contributed by atoms with Crippen LogP contribution in [0.2, 0.25) is 0 Å². The summed E-state index contributed by atoms with van der Waals surface area (Å²) in [6, 6.07) is 4.33. The maximum Gasteiger partial charge on any atom is 0.377 e. The van der Waals surface area contributed by atoms with Crippen molar-refractivity contribution in [3.05, 3.63) is 41.4 Å². The van der Waals surface area contributed by atoms with Crippen LogP contribution in [-0.2, 0) is 25.6 Å². The van der Waals surface area contributed by atoms with E-state index in [0.29, 0.717) is 5.56 Å². The van der Waals surface area contributed by atoms with Gasteiger partial charge in [0.2, 0.25) is 11.5 Å². The first-order valence-corrected chi connectivity index (χ1v) is 6.93. The number of cyclic esters (lactones) is 1. The van der Waals surface area contributed by atoms with Crippen molar-refractivity contribution in [3.63, 3.8) is 0 Å². The van der Waals surface area contributed by atoms with Gasteiger partial charge in [-0.25, -0.2) is 9.18 Å². The zero-order chi connectivity index (χ0) is 17.2. The monoisotopic (exact) mass is 323 g/mol. The van der Waals surface area contributed by atoms with Gasteiger partial charge in [-0.15, -0.1) is 0 Å². The lowest BCUT2D eigenvalue weighted by molar-refractivity contribution is -0.159. The van der Waals surface area contributed by atoms with Gasteiger partial charge < -0.3 is 19.1 Å². The van der Waals surface area contributed by atoms with E-state index in [0.717, 1.165) is 6.08 Å². The number of hydrogen-bond donors (Lipinski definition) is 0. The molecule has 0 unspecified atom stereocenters. The van der Waals surface area contributed by atoms with Crippen molar-refractivity contribution in [2.24, 2.45) is 0 Å². The third-order valence-corrected chi connectivity index (χ3v) is 3.16. The predicted molar refractivity (Wildman–Crippen MR) is 78.8 cm³/mol. The molecule has 0 atom stereocenters. The van der Waals surface area contributed by atoms with Gasteiger partial charge in [0.05, 0.1) is 13.2 Å². The molecular weight excluding hydrogens is 305 g/mol. The van der Waals surface area contributed by atoms with Crippen molar-refractivity contribution in [2.45, 2.75) is 26.2 Å². The fraction of sp³-hybridized carbons (Fsp3) is 0.375. The number of benzene rings is 1. The molecular formula is C16H18FNO5. The number of rotatable bonds is 4. The van der Waals surface area contributed by atoms with Gasteiger partial charge in [0, 0.05) is 27.4 Å². The second-order valence-electron chi connectivity index (χ2n) is 5.56. The van der Waals surface area contributed by atoms with Gasteiger partial charge in [-0.05, 0) is 17.7 Å². The third-order valence-electron chi connectivity index (χ3n) is 3.16. The van der Waals surface area contributed by atoms with Crippen molar-refractivity contribution in [2.75, 3.05) is 14.2 Å². The van der Waals surface area contributed by atoms with E-state index >= 15 is 0 Å². The first-order chi connectivity index (χ1) is 10.7. The molecule has 0 saturated carbocycles. The molecule has 0 spiro atoms. The van der Waals surface area contributed by atoms with E-state index in [9.17, 15) is 14.0 Å². The fourth-order valence-electron chi connectivity index (χ4n) is 2.07. The first-order valence-electron chi connectivity index (χ1n) is 6.93. The summed E-state index contributed by atoms with van der Waals surface area (Å²) < 4.78 is 28.5. The SMILES string of the molecule is COc1cc(CN(C)C(=O)/C=C2\OC(C)(C)OC2=O)ccc1F. The van der Waals surface area contributed by atoms with Crippen molar-refractivity contribution in [1.82, 2.24) is 4.90 Å². The normalized spacial score (nSPS) is 17.6. The molecule has 1 amide bonds. The minimum Gasteiger partial charge on any atom is -0.494 e. The summed E-state index contributed by atoms with van der Waals surface area (Å²) >= 11 is 0. The van der Waals surface area contributed by atoms with Gasteiger partial charge in [-0.1, -0.05) is 6.07 Å². The number of hydrogen-bond acceptors (Lipinski definition) is 5. The minimum atomic E-state index is -1.08. The Hall–Kier alpha value is -2.57. The summed E-state index contributed by atoms with van der Waals surface area (Å²) in [6.45, 7) is 3.37. The second-order valence-corrected chi connectivity index (χ2v) is 5.56. The van der Waals surface area contributed by atoms with Gasteiger partial charge in [-0.2, -0.15) is 0 Å². The van der Waals surface area contributed by atoms with Crippen LogP contribution >= 0.6 is 0 Å². The van der Waals surface area contributed by atoms with Crippen LogP contribution in [0.3, 0.4) is 0 Å². The van der Waals surface area contributed by atoms with E-state index < -0.39 is 23.5 Å². The molecule has 0 aromatic heterocycles. The zero-order valence-corrected chi connectivity index (χ0v) is 13.4. The number of amides is 1. The summed E-state index contributed by atoms with van der Waals surface area (Å²) in [4.78, 5) is 25.1. The molecule has 2 rings (SSSR count). The highest BCUT2D eigenvalue weighted by Gasteiger charge is 2.37. The highest BCUT2D eigenvalue weighted by molar-refractivity contribution is 5.97. The highest BCUT2D eigenvalue weighted by atomic mass is 19.1. The van der Waals surface area contributed by atoms with Crippen LogP contribution < -0.4 is 4.74 Å². The molecule has 1 aromatic rings. The Morgan fingerprint density at radius 2 is 2.09 bits per heavy atom. The van der Waals surface area contributed by atoms with E-state index in [-0.39, 0.29) is 18.1 Å². The average Bonchev–Trinajstić information content (AvgIpc) is 2.73. The number of carbonyl (C=O) groups excluding carboxylic acids is 2. The lowest BCUT2D eigenvalue weighted by Gasteiger charge is -2.16. The fourth-order valence-corrected chi connectivity index (χ4v) is 2.07. The Morgan fingerprint density at radius 1 is 1.39 bits per heavy atom. The molecule has 1 aliphatic rings. The molecule has 0 aliphatic carbocycles. The molecule has 0 radical (unpaired) electrons. The number of methoxy groups -OCH3 is 1. The predicted octanol–water partition coefficient (Wildman–Crippen LogP) is 1.99. The molecule has 124 valence electrons. The number of esters is 1. The van der Waals surface area contributed by atoms with Crippen LogP contribution in [0, 0.1) is 5.82 Å². The van der Waals surface area contributed by atoms with Crippen molar-refractivity contribution in [3.8, 4) is 5.75 Å². The molecule has 1 aromatic carbocycles. The summed E-state index contributed by atoms with van der Waals surface area (Å²) in [5.41, 5.74) is 0.688. The molecule has 0 bridgehead atoms. The van der Waals surface area contributed by atoms with Gasteiger partial charge in [0.1, 0.15) is 0 Å². The van der Waals surface area contributed by atoms with Crippen LogP contribution in [0.15, 0.2) is 30.0 Å². The summed E-state index contributed by atoms with van der Waals surface area (Å²) in [5, 5.41) is 0. The van der Waals surface area contributed by atoms with E-state index in [1.165, 1.54) is 24.1 Å². The summed E-state index contributed by atoms with van der Waals surface area (Å²) in [6.07, 6.45) is 1.08. The largest absolute Gasteiger partial charge is 0.494 e. The van der Waals surface area contributed by atoms with Crippen molar-refractivity contribution < 1.29 is 28.2 Å². The van der Waals surface area contributed by atoms with Gasteiger partial charge >= 0.3 is 5.97 Å². The van der Waals surface area contributed by atoms with Gasteiger partial charge in [0.15, 0.2) is 11.6 Å². The molecule has 1 heterocycles. The smallest absolute Gasteiger partial charge is 0.377 e. The molecule has 1 aliphatic heterocycles. The molecule has 1 fully saturated rings. The van der Waals surface area contributed by atoms with E-state index in [1.54, 1.807) is 27.0 Å². The van der Waals surface area contributed by atoms with Crippen LogP contribution in [0.25, 0.3) is 0 Å². The number of carbonyl (C=O) groups is 2. The van der Waals surface area contributed by atoms with Crippen molar-refractivity contribution in [1.29, 1.82) is 0 Å². The third kappa shape index (κ3) is 4.00. The molecule has 0 N–H and O–H groups in total.